The molecule has 0 saturated heterocycles. The second-order valence-corrected chi connectivity index (χ2v) is 6.12. The maximum absolute atomic E-state index is 10.0. The van der Waals surface area contributed by atoms with E-state index in [1.165, 1.54) is 36.1 Å². The van der Waals surface area contributed by atoms with Gasteiger partial charge in [0.1, 0.15) is 0 Å². The van der Waals surface area contributed by atoms with Gasteiger partial charge < -0.3 is 8.85 Å². The van der Waals surface area contributed by atoms with Crippen LogP contribution in [0.2, 0.25) is 0 Å². The van der Waals surface area contributed by atoms with Crippen molar-refractivity contribution in [3.63, 3.8) is 0 Å². The first-order chi connectivity index (χ1) is 13.1. The lowest BCUT2D eigenvalue weighted by atomic mass is 9.95. The molecule has 0 N–H and O–H groups in total. The van der Waals surface area contributed by atoms with Gasteiger partial charge in [0, 0.05) is 13.8 Å². The zero-order valence-electron chi connectivity index (χ0n) is 15.2. The minimum atomic E-state index is -0.506. The van der Waals surface area contributed by atoms with Crippen LogP contribution in [-0.2, 0) is 18.4 Å². The average molecular weight is 376 g/mol. The van der Waals surface area contributed by atoms with Crippen molar-refractivity contribution in [3.05, 3.63) is 84.9 Å². The fraction of sp³-hybridized carbons (Fsp3) is 0.0909. The Balaban J connectivity index is 0.000000249. The van der Waals surface area contributed by atoms with Gasteiger partial charge in [-0.05, 0) is 22.3 Å². The largest absolute Gasteiger partial charge is 0.614 e. The molecule has 27 heavy (non-hydrogen) atoms. The van der Waals surface area contributed by atoms with Gasteiger partial charge in [-0.1, -0.05) is 84.9 Å². The molecule has 136 valence electrons. The smallest absolute Gasteiger partial charge is 0.481 e. The fourth-order valence-corrected chi connectivity index (χ4v) is 2.64. The first-order valence-corrected chi connectivity index (χ1v) is 9.19. The van der Waals surface area contributed by atoms with E-state index in [4.69, 9.17) is 0 Å². The third kappa shape index (κ3) is 6.91. The lowest BCUT2D eigenvalue weighted by Crippen LogP contribution is -2.11. The van der Waals surface area contributed by atoms with Crippen LogP contribution in [0.1, 0.15) is 13.8 Å². The van der Waals surface area contributed by atoms with E-state index in [1.807, 2.05) is 0 Å². The molecule has 0 unspecified atom stereocenters. The molecule has 0 bridgehead atoms. The van der Waals surface area contributed by atoms with Gasteiger partial charge in [-0.25, -0.2) is 0 Å². The number of carbonyl (C=O) groups is 2. The van der Waals surface area contributed by atoms with E-state index in [0.717, 1.165) is 0 Å². The standard InChI is InChI=1S/C18H14.C4H6O4Si/c1-3-9-15(10-4-1)17-13-7-8-14-18(17)16-11-5-2-6-12-16;1-3(5)7-9-8-4(2)6/h1-14H;1-2H3. The molecule has 0 saturated carbocycles. The van der Waals surface area contributed by atoms with Gasteiger partial charge in [0.2, 0.25) is 0 Å². The zero-order valence-corrected chi connectivity index (χ0v) is 16.2. The van der Waals surface area contributed by atoms with Crippen molar-refractivity contribution < 1.29 is 18.4 Å². The summed E-state index contributed by atoms with van der Waals surface area (Å²) in [6.07, 6.45) is 0. The molecule has 0 aliphatic carbocycles. The second kappa shape index (κ2) is 10.7. The zero-order chi connectivity index (χ0) is 19.5. The molecule has 3 aromatic rings. The van der Waals surface area contributed by atoms with Crippen LogP contribution >= 0.6 is 0 Å². The van der Waals surface area contributed by atoms with Crippen molar-refractivity contribution in [2.45, 2.75) is 13.8 Å². The SMILES string of the molecule is CC(=O)O[Si]OC(C)=O.c1ccc(-c2ccccc2-c2ccccc2)cc1. The van der Waals surface area contributed by atoms with Gasteiger partial charge in [-0.15, -0.1) is 0 Å². The molecule has 0 spiro atoms. The number of rotatable bonds is 4. The highest BCUT2D eigenvalue weighted by Crippen LogP contribution is 2.31. The topological polar surface area (TPSA) is 52.6 Å². The summed E-state index contributed by atoms with van der Waals surface area (Å²) in [7, 11) is -0.506. The van der Waals surface area contributed by atoms with Crippen LogP contribution < -0.4 is 0 Å². The number of hydrogen-bond donors (Lipinski definition) is 0. The molecule has 0 amide bonds. The predicted octanol–water partition coefficient (Wildman–Crippen LogP) is 4.67. The predicted molar refractivity (Wildman–Crippen MR) is 107 cm³/mol. The lowest BCUT2D eigenvalue weighted by molar-refractivity contribution is -0.136. The first-order valence-electron chi connectivity index (χ1n) is 8.37. The molecule has 5 heteroatoms. The molecule has 3 rings (SSSR count). The van der Waals surface area contributed by atoms with Crippen LogP contribution in [0.25, 0.3) is 22.3 Å². The van der Waals surface area contributed by atoms with Crippen molar-refractivity contribution in [1.29, 1.82) is 0 Å². The first kappa shape index (κ1) is 20.1. The van der Waals surface area contributed by atoms with Crippen LogP contribution in [0.4, 0.5) is 0 Å². The summed E-state index contributed by atoms with van der Waals surface area (Å²) < 4.78 is 8.60. The van der Waals surface area contributed by atoms with E-state index in [1.54, 1.807) is 0 Å². The Morgan fingerprint density at radius 2 is 0.926 bits per heavy atom. The summed E-state index contributed by atoms with van der Waals surface area (Å²) in [5, 5.41) is 0. The van der Waals surface area contributed by atoms with Crippen LogP contribution in [0.15, 0.2) is 84.9 Å². The molecule has 0 atom stereocenters. The summed E-state index contributed by atoms with van der Waals surface area (Å²) >= 11 is 0. The maximum atomic E-state index is 10.0. The van der Waals surface area contributed by atoms with E-state index in [0.29, 0.717) is 0 Å². The molecule has 0 aliphatic heterocycles. The second-order valence-electron chi connectivity index (χ2n) is 5.55. The van der Waals surface area contributed by atoms with Gasteiger partial charge >= 0.3 is 10.0 Å². The molecule has 0 aliphatic rings. The molecular weight excluding hydrogens is 356 g/mol. The fourth-order valence-electron chi connectivity index (χ4n) is 2.36. The van der Waals surface area contributed by atoms with Crippen LogP contribution in [0, 0.1) is 0 Å². The van der Waals surface area contributed by atoms with Gasteiger partial charge in [0.05, 0.1) is 0 Å². The van der Waals surface area contributed by atoms with Crippen LogP contribution in [0.3, 0.4) is 0 Å². The molecule has 0 fully saturated rings. The van der Waals surface area contributed by atoms with Crippen molar-refractivity contribution in [1.82, 2.24) is 0 Å². The van der Waals surface area contributed by atoms with E-state index >= 15 is 0 Å². The number of benzene rings is 3. The Morgan fingerprint density at radius 1 is 0.593 bits per heavy atom. The summed E-state index contributed by atoms with van der Waals surface area (Å²) in [5.74, 6) is -0.899. The summed E-state index contributed by atoms with van der Waals surface area (Å²) in [6, 6.07) is 29.6. The minimum Gasteiger partial charge on any atom is -0.481 e. The van der Waals surface area contributed by atoms with E-state index < -0.39 is 21.9 Å². The maximum Gasteiger partial charge on any atom is 0.614 e. The van der Waals surface area contributed by atoms with E-state index in [-0.39, 0.29) is 0 Å². The van der Waals surface area contributed by atoms with Gasteiger partial charge in [0.15, 0.2) is 0 Å². The van der Waals surface area contributed by atoms with E-state index in [9.17, 15) is 9.59 Å². The molecule has 2 radical (unpaired) electrons. The monoisotopic (exact) mass is 376 g/mol. The van der Waals surface area contributed by atoms with Gasteiger partial charge in [0.25, 0.3) is 11.9 Å². The quantitative estimate of drug-likeness (QED) is 0.621. The Labute approximate surface area is 161 Å². The van der Waals surface area contributed by atoms with Crippen molar-refractivity contribution >= 4 is 21.9 Å². The highest BCUT2D eigenvalue weighted by atomic mass is 28.3. The number of carbonyl (C=O) groups excluding carboxylic acids is 2. The third-order valence-corrected chi connectivity index (χ3v) is 4.21. The lowest BCUT2D eigenvalue weighted by Gasteiger charge is -2.09. The number of hydrogen-bond acceptors (Lipinski definition) is 4. The Morgan fingerprint density at radius 3 is 1.26 bits per heavy atom. The minimum absolute atomic E-state index is 0.449. The Kier molecular flexibility index (Phi) is 8.00. The van der Waals surface area contributed by atoms with Gasteiger partial charge in [-0.2, -0.15) is 0 Å². The van der Waals surface area contributed by atoms with Crippen molar-refractivity contribution in [3.8, 4) is 22.3 Å². The average Bonchev–Trinajstić information content (AvgIpc) is 2.69. The van der Waals surface area contributed by atoms with Crippen molar-refractivity contribution in [2.75, 3.05) is 0 Å². The molecule has 4 nitrogen and oxygen atoms in total. The van der Waals surface area contributed by atoms with Crippen molar-refractivity contribution in [2.24, 2.45) is 0 Å². The summed E-state index contributed by atoms with van der Waals surface area (Å²) in [5.41, 5.74) is 5.09. The third-order valence-electron chi connectivity index (χ3n) is 3.47. The molecular formula is C22H20O4Si. The molecule has 0 aromatic heterocycles. The van der Waals surface area contributed by atoms with Gasteiger partial charge in [-0.3, -0.25) is 9.59 Å². The van der Waals surface area contributed by atoms with E-state index in [2.05, 4.69) is 93.8 Å². The molecule has 3 aromatic carbocycles. The van der Waals surface area contributed by atoms with Crippen LogP contribution in [-0.4, -0.2) is 21.9 Å². The normalized spacial score (nSPS) is 9.56. The molecule has 0 heterocycles. The highest BCUT2D eigenvalue weighted by molar-refractivity contribution is 6.25. The highest BCUT2D eigenvalue weighted by Gasteiger charge is 2.05. The summed E-state index contributed by atoms with van der Waals surface area (Å²) in [6.45, 7) is 2.49. The van der Waals surface area contributed by atoms with Crippen LogP contribution in [0.5, 0.6) is 0 Å². The Bertz CT molecular complexity index is 791. The Hall–Kier alpha value is -3.18. The summed E-state index contributed by atoms with van der Waals surface area (Å²) in [4.78, 5) is 20.0.